The topological polar surface area (TPSA) is 98.9 Å². The molecule has 0 bridgehead atoms. The van der Waals surface area contributed by atoms with Crippen molar-refractivity contribution >= 4 is 11.9 Å². The summed E-state index contributed by atoms with van der Waals surface area (Å²) in [6.07, 6.45) is 8.98. The monoisotopic (exact) mass is 419 g/mol. The van der Waals surface area contributed by atoms with Crippen molar-refractivity contribution < 1.29 is 24.2 Å². The summed E-state index contributed by atoms with van der Waals surface area (Å²) in [5.41, 5.74) is 6.95. The van der Waals surface area contributed by atoms with Crippen LogP contribution < -0.4 is 5.73 Å². The Morgan fingerprint density at radius 3 is 2.80 bits per heavy atom. The summed E-state index contributed by atoms with van der Waals surface area (Å²) in [5.74, 6) is -0.202. The molecule has 3 N–H and O–H groups in total. The molecule has 1 fully saturated rings. The van der Waals surface area contributed by atoms with Crippen LogP contribution >= 0.6 is 0 Å². The van der Waals surface area contributed by atoms with E-state index in [0.29, 0.717) is 25.7 Å². The predicted molar refractivity (Wildman–Crippen MR) is 114 cm³/mol. The summed E-state index contributed by atoms with van der Waals surface area (Å²) in [7, 11) is 0. The van der Waals surface area contributed by atoms with Crippen LogP contribution in [0.25, 0.3) is 0 Å². The van der Waals surface area contributed by atoms with Crippen molar-refractivity contribution in [3.05, 3.63) is 23.8 Å². The second kappa shape index (κ2) is 9.23. The lowest BCUT2D eigenvalue weighted by Crippen LogP contribution is -2.58. The summed E-state index contributed by atoms with van der Waals surface area (Å²) in [6, 6.07) is 0. The van der Waals surface area contributed by atoms with Crippen LogP contribution in [0.4, 0.5) is 0 Å². The van der Waals surface area contributed by atoms with E-state index in [0.717, 1.165) is 12.0 Å². The molecule has 6 nitrogen and oxygen atoms in total. The number of hydrogen-bond donors (Lipinski definition) is 2. The lowest BCUT2D eigenvalue weighted by atomic mass is 9.63. The van der Waals surface area contributed by atoms with Crippen molar-refractivity contribution in [1.82, 2.24) is 0 Å². The Labute approximate surface area is 179 Å². The Morgan fingerprint density at radius 2 is 2.13 bits per heavy atom. The molecule has 0 aromatic carbocycles. The van der Waals surface area contributed by atoms with Crippen LogP contribution in [0.15, 0.2) is 23.8 Å². The Balaban J connectivity index is 1.81. The van der Waals surface area contributed by atoms with Gasteiger partial charge in [0.2, 0.25) is 0 Å². The van der Waals surface area contributed by atoms with Gasteiger partial charge in [0.1, 0.15) is 6.10 Å². The fraction of sp³-hybridized carbons (Fsp3) is 0.750. The molecule has 0 saturated carbocycles. The predicted octanol–water partition coefficient (Wildman–Crippen LogP) is 3.48. The maximum Gasteiger partial charge on any atom is 0.310 e. The fourth-order valence-corrected chi connectivity index (χ4v) is 5.29. The second-order valence-electron chi connectivity index (χ2n) is 9.68. The van der Waals surface area contributed by atoms with Crippen molar-refractivity contribution in [1.29, 1.82) is 0 Å². The Morgan fingerprint density at radius 1 is 1.40 bits per heavy atom. The molecule has 0 spiro atoms. The van der Waals surface area contributed by atoms with Gasteiger partial charge in [-0.1, -0.05) is 45.9 Å². The smallest absolute Gasteiger partial charge is 0.310 e. The molecule has 1 heterocycles. The normalized spacial score (nSPS) is 39.5. The molecule has 30 heavy (non-hydrogen) atoms. The van der Waals surface area contributed by atoms with E-state index in [1.165, 1.54) is 0 Å². The number of carbonyl (C=O) groups excluding carboxylic acids is 2. The average Bonchev–Trinajstić information content (AvgIpc) is 2.65. The maximum absolute atomic E-state index is 12.7. The number of hydrogen-bond acceptors (Lipinski definition) is 6. The van der Waals surface area contributed by atoms with E-state index in [1.807, 2.05) is 13.8 Å². The van der Waals surface area contributed by atoms with Gasteiger partial charge in [0, 0.05) is 18.8 Å². The third-order valence-electron chi connectivity index (χ3n) is 7.06. The van der Waals surface area contributed by atoms with Crippen molar-refractivity contribution in [3.8, 4) is 0 Å². The van der Waals surface area contributed by atoms with Gasteiger partial charge in [-0.3, -0.25) is 15.3 Å². The van der Waals surface area contributed by atoms with E-state index < -0.39 is 11.8 Å². The number of allylic oxidation sites excluding steroid dienone is 3. The molecular weight excluding hydrogens is 382 g/mol. The van der Waals surface area contributed by atoms with E-state index in [-0.39, 0.29) is 54.1 Å². The summed E-state index contributed by atoms with van der Waals surface area (Å²) in [5, 5.41) is 9.91. The molecule has 1 saturated heterocycles. The highest BCUT2D eigenvalue weighted by Crippen LogP contribution is 2.48. The number of nitrogens with two attached hydrogens (primary N) is 1. The zero-order chi connectivity index (χ0) is 22.1. The maximum atomic E-state index is 12.7. The molecule has 0 amide bonds. The van der Waals surface area contributed by atoms with Gasteiger partial charge >= 0.3 is 11.9 Å². The van der Waals surface area contributed by atoms with Crippen molar-refractivity contribution in [2.24, 2.45) is 35.3 Å². The van der Waals surface area contributed by atoms with E-state index in [2.05, 4.69) is 32.1 Å². The standard InChI is InChI=1S/C24H37NO5/c1-5-15(3)23(28)30-24(25)13-14(2)10-17-7-6-16(4)20(22(17)24)9-8-19-11-18(26)12-21(27)29-19/h6-7,10,14-16,18-20,22,26H,5,8-9,11-13,25H2,1-4H3/t14-,15-,16-,18+,19+,20-,22-,24-/m0/s1. The highest BCUT2D eigenvalue weighted by molar-refractivity contribution is 5.72. The first-order valence-corrected chi connectivity index (χ1v) is 11.4. The van der Waals surface area contributed by atoms with Crippen LogP contribution in [0.5, 0.6) is 0 Å². The minimum atomic E-state index is -1.05. The highest BCUT2D eigenvalue weighted by atomic mass is 16.6. The molecule has 3 rings (SSSR count). The molecule has 6 heteroatoms. The third-order valence-corrected chi connectivity index (χ3v) is 7.06. The minimum absolute atomic E-state index is 0.0734. The highest BCUT2D eigenvalue weighted by Gasteiger charge is 2.50. The van der Waals surface area contributed by atoms with Gasteiger partial charge < -0.3 is 14.6 Å². The molecule has 0 aromatic heterocycles. The molecule has 2 aliphatic carbocycles. The van der Waals surface area contributed by atoms with Crippen molar-refractivity contribution in [2.45, 2.75) is 84.2 Å². The Bertz CT molecular complexity index is 716. The summed E-state index contributed by atoms with van der Waals surface area (Å²) >= 11 is 0. The van der Waals surface area contributed by atoms with Gasteiger partial charge in [-0.15, -0.1) is 0 Å². The van der Waals surface area contributed by atoms with Crippen LogP contribution in [-0.4, -0.2) is 35.0 Å². The number of aliphatic hydroxyl groups excluding tert-OH is 1. The van der Waals surface area contributed by atoms with E-state index in [4.69, 9.17) is 15.2 Å². The lowest BCUT2D eigenvalue weighted by Gasteiger charge is -2.49. The lowest BCUT2D eigenvalue weighted by molar-refractivity contribution is -0.176. The number of cyclic esters (lactones) is 1. The molecule has 8 atom stereocenters. The van der Waals surface area contributed by atoms with Crippen LogP contribution in [0.2, 0.25) is 0 Å². The molecule has 3 aliphatic rings. The van der Waals surface area contributed by atoms with E-state index in [1.54, 1.807) is 0 Å². The van der Waals surface area contributed by atoms with Crippen LogP contribution in [-0.2, 0) is 19.1 Å². The third kappa shape index (κ3) is 4.97. The first kappa shape index (κ1) is 23.0. The van der Waals surface area contributed by atoms with Gasteiger partial charge in [0.25, 0.3) is 0 Å². The first-order chi connectivity index (χ1) is 14.1. The molecule has 1 aliphatic heterocycles. The fourth-order valence-electron chi connectivity index (χ4n) is 5.29. The number of aliphatic hydroxyl groups is 1. The largest absolute Gasteiger partial charge is 0.462 e. The Kier molecular flexibility index (Phi) is 7.08. The van der Waals surface area contributed by atoms with Crippen LogP contribution in [0, 0.1) is 29.6 Å². The summed E-state index contributed by atoms with van der Waals surface area (Å²) in [6.45, 7) is 8.11. The van der Waals surface area contributed by atoms with Gasteiger partial charge in [-0.25, -0.2) is 0 Å². The number of ether oxygens (including phenoxy) is 2. The molecule has 0 unspecified atom stereocenters. The van der Waals surface area contributed by atoms with Crippen molar-refractivity contribution in [2.75, 3.05) is 0 Å². The minimum Gasteiger partial charge on any atom is -0.462 e. The molecule has 0 aromatic rings. The second-order valence-corrected chi connectivity index (χ2v) is 9.68. The van der Waals surface area contributed by atoms with Crippen molar-refractivity contribution in [3.63, 3.8) is 0 Å². The first-order valence-electron chi connectivity index (χ1n) is 11.4. The van der Waals surface area contributed by atoms with Gasteiger partial charge in [0.05, 0.1) is 18.4 Å². The summed E-state index contributed by atoms with van der Waals surface area (Å²) < 4.78 is 11.5. The number of rotatable bonds is 6. The number of fused-ring (bicyclic) bond motifs is 1. The molecule has 168 valence electrons. The zero-order valence-electron chi connectivity index (χ0n) is 18.7. The molecule has 0 radical (unpaired) electrons. The average molecular weight is 420 g/mol. The quantitative estimate of drug-likeness (QED) is 0.505. The van der Waals surface area contributed by atoms with Gasteiger partial charge in [0.15, 0.2) is 5.72 Å². The van der Waals surface area contributed by atoms with Crippen LogP contribution in [0.3, 0.4) is 0 Å². The van der Waals surface area contributed by atoms with E-state index >= 15 is 0 Å². The van der Waals surface area contributed by atoms with Gasteiger partial charge in [-0.2, -0.15) is 0 Å². The number of esters is 2. The summed E-state index contributed by atoms with van der Waals surface area (Å²) in [4.78, 5) is 24.4. The SMILES string of the molecule is CC[C@H](C)C(=O)O[C@@]1(N)C[C@@H](C)C=C2C=C[C@H](C)[C@H](CC[C@@H]3C[C@@H](O)CC(=O)O3)[C@H]21. The molecular formula is C24H37NO5. The Hall–Kier alpha value is -1.66. The number of carbonyl (C=O) groups is 2. The van der Waals surface area contributed by atoms with Gasteiger partial charge in [-0.05, 0) is 42.6 Å². The van der Waals surface area contributed by atoms with Crippen LogP contribution in [0.1, 0.15) is 66.2 Å². The zero-order valence-corrected chi connectivity index (χ0v) is 18.7. The van der Waals surface area contributed by atoms with E-state index in [9.17, 15) is 14.7 Å².